The number of carbonyl (C=O) groups is 2. The fourth-order valence-corrected chi connectivity index (χ4v) is 5.52. The zero-order chi connectivity index (χ0) is 27.7. The minimum absolute atomic E-state index is 0.0778. The van der Waals surface area contributed by atoms with Gasteiger partial charge in [0, 0.05) is 10.9 Å². The van der Waals surface area contributed by atoms with E-state index >= 15 is 0 Å². The fraction of sp³-hybridized carbons (Fsp3) is 0.103. The van der Waals surface area contributed by atoms with E-state index < -0.39 is 26.7 Å². The van der Waals surface area contributed by atoms with Crippen molar-refractivity contribution in [1.82, 2.24) is 9.97 Å². The van der Waals surface area contributed by atoms with E-state index in [2.05, 4.69) is 15.3 Å². The maximum atomic E-state index is 13.4. The molecule has 196 valence electrons. The van der Waals surface area contributed by atoms with Crippen molar-refractivity contribution in [2.24, 2.45) is 0 Å². The lowest BCUT2D eigenvalue weighted by atomic mass is 10.1. The number of fused-ring (bicyclic) bond motifs is 1. The van der Waals surface area contributed by atoms with Crippen molar-refractivity contribution < 1.29 is 22.4 Å². The number of halogens is 1. The van der Waals surface area contributed by atoms with Gasteiger partial charge >= 0.3 is 0 Å². The standard InChI is InChI=1S/C29H22ClN3O5S/c1-17-11-13-19(14-12-17)26(34)27-24(21-9-5-6-10-23(21)38-27)32-28(35)25-22(30)15-31-29(33-25)39(36,37)16-20-8-4-3-7-18(20)2/h3-15H,16H2,1-2H3,(H,32,35). The molecule has 0 aliphatic carbocycles. The lowest BCUT2D eigenvalue weighted by Crippen LogP contribution is -2.19. The van der Waals surface area contributed by atoms with Gasteiger partial charge in [0.1, 0.15) is 5.58 Å². The quantitative estimate of drug-likeness (QED) is 0.193. The first-order valence-electron chi connectivity index (χ1n) is 11.9. The van der Waals surface area contributed by atoms with Gasteiger partial charge in [-0.2, -0.15) is 0 Å². The number of para-hydroxylation sites is 1. The minimum Gasteiger partial charge on any atom is -0.450 e. The van der Waals surface area contributed by atoms with Crippen LogP contribution in [0.4, 0.5) is 5.69 Å². The minimum atomic E-state index is -4.00. The first-order valence-corrected chi connectivity index (χ1v) is 13.9. The summed E-state index contributed by atoms with van der Waals surface area (Å²) in [6.45, 7) is 3.71. The molecule has 0 spiro atoms. The van der Waals surface area contributed by atoms with Crippen molar-refractivity contribution in [2.75, 3.05) is 5.32 Å². The molecule has 0 atom stereocenters. The summed E-state index contributed by atoms with van der Waals surface area (Å²) in [7, 11) is -4.00. The number of amides is 1. The van der Waals surface area contributed by atoms with Gasteiger partial charge in [-0.3, -0.25) is 9.59 Å². The average molecular weight is 560 g/mol. The molecular formula is C29H22ClN3O5S. The molecule has 5 rings (SSSR count). The number of aryl methyl sites for hydroxylation is 2. The smallest absolute Gasteiger partial charge is 0.276 e. The topological polar surface area (TPSA) is 119 Å². The lowest BCUT2D eigenvalue weighted by molar-refractivity contribution is 0.101. The maximum absolute atomic E-state index is 13.4. The van der Waals surface area contributed by atoms with Crippen molar-refractivity contribution >= 4 is 49.8 Å². The molecule has 0 bridgehead atoms. The monoisotopic (exact) mass is 559 g/mol. The number of benzene rings is 3. The maximum Gasteiger partial charge on any atom is 0.276 e. The molecule has 2 aromatic heterocycles. The summed E-state index contributed by atoms with van der Waals surface area (Å²) < 4.78 is 32.0. The number of ketones is 1. The van der Waals surface area contributed by atoms with Crippen LogP contribution >= 0.6 is 11.6 Å². The molecule has 0 fully saturated rings. The van der Waals surface area contributed by atoms with E-state index in [-0.39, 0.29) is 27.9 Å². The fourth-order valence-electron chi connectivity index (χ4n) is 4.04. The number of nitrogens with one attached hydrogen (secondary N) is 1. The molecule has 8 nitrogen and oxygen atoms in total. The Morgan fingerprint density at radius 3 is 2.38 bits per heavy atom. The number of sulfone groups is 1. The van der Waals surface area contributed by atoms with E-state index in [1.807, 2.05) is 13.0 Å². The molecule has 0 unspecified atom stereocenters. The molecule has 0 radical (unpaired) electrons. The lowest BCUT2D eigenvalue weighted by Gasteiger charge is -2.10. The summed E-state index contributed by atoms with van der Waals surface area (Å²) in [5, 5.41) is 2.47. The summed E-state index contributed by atoms with van der Waals surface area (Å²) in [6, 6.07) is 20.8. The first kappa shape index (κ1) is 26.3. The van der Waals surface area contributed by atoms with Crippen molar-refractivity contribution in [3.8, 4) is 0 Å². The van der Waals surface area contributed by atoms with E-state index in [1.54, 1.807) is 73.7 Å². The van der Waals surface area contributed by atoms with Gasteiger partial charge in [-0.05, 0) is 37.1 Å². The van der Waals surface area contributed by atoms with Crippen molar-refractivity contribution in [3.63, 3.8) is 0 Å². The van der Waals surface area contributed by atoms with Crippen LogP contribution in [-0.2, 0) is 15.6 Å². The van der Waals surface area contributed by atoms with Crippen LogP contribution in [-0.4, -0.2) is 30.1 Å². The zero-order valence-corrected chi connectivity index (χ0v) is 22.5. The van der Waals surface area contributed by atoms with Crippen LogP contribution in [0, 0.1) is 13.8 Å². The Hall–Kier alpha value is -4.34. The molecule has 39 heavy (non-hydrogen) atoms. The van der Waals surface area contributed by atoms with E-state index in [0.29, 0.717) is 22.1 Å². The summed E-state index contributed by atoms with van der Waals surface area (Å²) in [6.07, 6.45) is 1.07. The molecule has 2 heterocycles. The van der Waals surface area contributed by atoms with Crippen molar-refractivity contribution in [3.05, 3.63) is 118 Å². The van der Waals surface area contributed by atoms with Gasteiger partial charge in [-0.1, -0.05) is 77.8 Å². The van der Waals surface area contributed by atoms with E-state index in [1.165, 1.54) is 0 Å². The van der Waals surface area contributed by atoms with Crippen LogP contribution < -0.4 is 5.32 Å². The predicted octanol–water partition coefficient (Wildman–Crippen LogP) is 5.95. The Labute approximate surface area is 229 Å². The average Bonchev–Trinajstić information content (AvgIpc) is 3.28. The number of aromatic nitrogens is 2. The third kappa shape index (κ3) is 5.32. The highest BCUT2D eigenvalue weighted by Crippen LogP contribution is 2.33. The predicted molar refractivity (Wildman–Crippen MR) is 148 cm³/mol. The van der Waals surface area contributed by atoms with Crippen LogP contribution in [0.25, 0.3) is 11.0 Å². The number of furan rings is 1. The molecule has 0 saturated heterocycles. The summed E-state index contributed by atoms with van der Waals surface area (Å²) >= 11 is 6.23. The molecule has 0 aliphatic heterocycles. The molecule has 5 aromatic rings. The van der Waals surface area contributed by atoms with Crippen molar-refractivity contribution in [1.29, 1.82) is 0 Å². The van der Waals surface area contributed by atoms with Gasteiger partial charge in [0.2, 0.25) is 20.8 Å². The van der Waals surface area contributed by atoms with Crippen molar-refractivity contribution in [2.45, 2.75) is 24.8 Å². The molecule has 3 aromatic carbocycles. The van der Waals surface area contributed by atoms with Crippen LogP contribution in [0.5, 0.6) is 0 Å². The van der Waals surface area contributed by atoms with E-state index in [4.69, 9.17) is 16.0 Å². The second-order valence-corrected chi connectivity index (χ2v) is 11.3. The van der Waals surface area contributed by atoms with Gasteiger partial charge in [-0.15, -0.1) is 0 Å². The summed E-state index contributed by atoms with van der Waals surface area (Å²) in [5.41, 5.74) is 2.90. The van der Waals surface area contributed by atoms with Crippen LogP contribution in [0.1, 0.15) is 43.3 Å². The van der Waals surface area contributed by atoms with Gasteiger partial charge in [0.05, 0.1) is 22.7 Å². The number of anilines is 1. The molecule has 1 amide bonds. The number of carbonyl (C=O) groups excluding carboxylic acids is 2. The number of hydrogen-bond donors (Lipinski definition) is 1. The van der Waals surface area contributed by atoms with Gasteiger partial charge in [0.15, 0.2) is 11.5 Å². The normalized spacial score (nSPS) is 11.5. The Balaban J connectivity index is 1.51. The van der Waals surface area contributed by atoms with Crippen LogP contribution in [0.2, 0.25) is 5.02 Å². The molecule has 0 saturated carbocycles. The number of rotatable bonds is 7. The summed E-state index contributed by atoms with van der Waals surface area (Å²) in [5.74, 6) is -1.67. The van der Waals surface area contributed by atoms with Crippen LogP contribution in [0.15, 0.2) is 88.6 Å². The van der Waals surface area contributed by atoms with E-state index in [9.17, 15) is 18.0 Å². The second-order valence-electron chi connectivity index (χ2n) is 8.99. The molecule has 1 N–H and O–H groups in total. The third-order valence-electron chi connectivity index (χ3n) is 6.18. The summed E-state index contributed by atoms with van der Waals surface area (Å²) in [4.78, 5) is 34.6. The van der Waals surface area contributed by atoms with E-state index in [0.717, 1.165) is 17.3 Å². The van der Waals surface area contributed by atoms with Gasteiger partial charge in [0.25, 0.3) is 5.91 Å². The SMILES string of the molecule is Cc1ccc(C(=O)c2oc3ccccc3c2NC(=O)c2nc(S(=O)(=O)Cc3ccccc3C)ncc2Cl)cc1. The second kappa shape index (κ2) is 10.4. The third-order valence-corrected chi connectivity index (χ3v) is 7.90. The number of hydrogen-bond acceptors (Lipinski definition) is 7. The molecular weight excluding hydrogens is 538 g/mol. The highest BCUT2D eigenvalue weighted by atomic mass is 35.5. The Morgan fingerprint density at radius 2 is 1.64 bits per heavy atom. The Kier molecular flexibility index (Phi) is 7.03. The highest BCUT2D eigenvalue weighted by molar-refractivity contribution is 7.90. The zero-order valence-electron chi connectivity index (χ0n) is 20.9. The Morgan fingerprint density at radius 1 is 0.949 bits per heavy atom. The number of nitrogens with zero attached hydrogens (tertiary/aromatic N) is 2. The highest BCUT2D eigenvalue weighted by Gasteiger charge is 2.27. The van der Waals surface area contributed by atoms with Gasteiger partial charge in [-0.25, -0.2) is 18.4 Å². The first-order chi connectivity index (χ1) is 18.6. The molecule has 0 aliphatic rings. The Bertz CT molecular complexity index is 1850. The van der Waals surface area contributed by atoms with Crippen LogP contribution in [0.3, 0.4) is 0 Å². The largest absolute Gasteiger partial charge is 0.450 e. The molecule has 10 heteroatoms. The van der Waals surface area contributed by atoms with Gasteiger partial charge < -0.3 is 9.73 Å².